The molecular formula is C27H38N6S2. The quantitative estimate of drug-likeness (QED) is 0.504. The van der Waals surface area contributed by atoms with Gasteiger partial charge in [0.05, 0.1) is 10.7 Å². The van der Waals surface area contributed by atoms with E-state index in [2.05, 4.69) is 52.6 Å². The van der Waals surface area contributed by atoms with Gasteiger partial charge in [-0.15, -0.1) is 11.3 Å². The minimum absolute atomic E-state index is 0.596. The number of piperazine rings is 1. The van der Waals surface area contributed by atoms with E-state index in [1.54, 1.807) is 0 Å². The molecule has 2 saturated heterocycles. The Bertz CT molecular complexity index is 1150. The number of piperidine rings is 1. The Labute approximate surface area is 218 Å². The number of thiazole rings is 1. The standard InChI is InChI=1S/C27H38N6S2/c1-30-9-7-20(8-10-30)27-29-25(18-35-27)24-17-33(34)26-23(24)15-21(16-28-26)19-3-5-22(6-4-19)32-13-11-31(2)12-14-32/h15-20,22,34H,3-14H2,1-2H3/t19-,22-. The van der Waals surface area contributed by atoms with Crippen molar-refractivity contribution in [2.75, 3.05) is 53.4 Å². The molecule has 3 aliphatic rings. The van der Waals surface area contributed by atoms with Crippen LogP contribution < -0.4 is 0 Å². The number of likely N-dealkylation sites (tertiary alicyclic amines) is 1. The molecule has 8 heteroatoms. The van der Waals surface area contributed by atoms with Crippen LogP contribution in [0.1, 0.15) is 60.9 Å². The highest BCUT2D eigenvalue weighted by Crippen LogP contribution is 2.39. The van der Waals surface area contributed by atoms with Crippen LogP contribution in [0.15, 0.2) is 23.8 Å². The SMILES string of the molecule is CN1CCC(c2nc(-c3cn(S)c4ncc([C@H]5CC[C@H](N6CCN(C)CC6)CC5)cc34)cs2)CC1. The third kappa shape index (κ3) is 4.92. The maximum atomic E-state index is 5.12. The Morgan fingerprint density at radius 1 is 0.886 bits per heavy atom. The zero-order valence-electron chi connectivity index (χ0n) is 21.1. The highest BCUT2D eigenvalue weighted by atomic mass is 32.1. The maximum Gasteiger partial charge on any atom is 0.150 e. The van der Waals surface area contributed by atoms with E-state index in [1.807, 2.05) is 15.3 Å². The van der Waals surface area contributed by atoms with E-state index in [0.29, 0.717) is 11.8 Å². The van der Waals surface area contributed by atoms with Gasteiger partial charge >= 0.3 is 0 Å². The molecule has 188 valence electrons. The Morgan fingerprint density at radius 3 is 2.34 bits per heavy atom. The second-order valence-electron chi connectivity index (χ2n) is 11.0. The normalized spacial score (nSPS) is 26.0. The fourth-order valence-electron chi connectivity index (χ4n) is 6.35. The van der Waals surface area contributed by atoms with Gasteiger partial charge in [-0.1, -0.05) is 12.8 Å². The largest absolute Gasteiger partial charge is 0.306 e. The summed E-state index contributed by atoms with van der Waals surface area (Å²) in [5, 5.41) is 4.72. The first kappa shape index (κ1) is 23.9. The van der Waals surface area contributed by atoms with Crippen LogP contribution >= 0.6 is 24.2 Å². The van der Waals surface area contributed by atoms with Gasteiger partial charge in [0, 0.05) is 66.9 Å². The molecule has 0 spiro atoms. The summed E-state index contributed by atoms with van der Waals surface area (Å²) >= 11 is 6.52. The van der Waals surface area contributed by atoms with Crippen LogP contribution in [-0.4, -0.2) is 88.0 Å². The van der Waals surface area contributed by atoms with E-state index >= 15 is 0 Å². The minimum atomic E-state index is 0.596. The number of aromatic nitrogens is 3. The number of rotatable bonds is 4. The van der Waals surface area contributed by atoms with Gasteiger partial charge in [0.2, 0.25) is 0 Å². The molecule has 3 fully saturated rings. The third-order valence-electron chi connectivity index (χ3n) is 8.73. The molecule has 35 heavy (non-hydrogen) atoms. The van der Waals surface area contributed by atoms with Gasteiger partial charge in [0.15, 0.2) is 0 Å². The fourth-order valence-corrected chi connectivity index (χ4v) is 7.62. The number of thiol groups is 1. The number of hydrogen-bond donors (Lipinski definition) is 1. The summed E-state index contributed by atoms with van der Waals surface area (Å²) in [4.78, 5) is 17.6. The van der Waals surface area contributed by atoms with E-state index in [4.69, 9.17) is 22.8 Å². The summed E-state index contributed by atoms with van der Waals surface area (Å²) in [5.74, 6) is 1.20. The highest BCUT2D eigenvalue weighted by molar-refractivity contribution is 7.78. The summed E-state index contributed by atoms with van der Waals surface area (Å²) in [5.41, 5.74) is 4.58. The number of pyridine rings is 1. The second kappa shape index (κ2) is 10.1. The smallest absolute Gasteiger partial charge is 0.150 e. The molecule has 0 aromatic carbocycles. The van der Waals surface area contributed by atoms with Crippen LogP contribution in [0.3, 0.4) is 0 Å². The Hall–Kier alpha value is -1.45. The van der Waals surface area contributed by atoms with E-state index in [0.717, 1.165) is 17.4 Å². The van der Waals surface area contributed by atoms with Gasteiger partial charge in [-0.25, -0.2) is 9.97 Å². The Kier molecular flexibility index (Phi) is 6.92. The van der Waals surface area contributed by atoms with Crippen molar-refractivity contribution in [3.05, 3.63) is 34.4 Å². The summed E-state index contributed by atoms with van der Waals surface area (Å²) in [6.07, 6.45) is 11.8. The first-order chi connectivity index (χ1) is 17.0. The number of nitrogens with zero attached hydrogens (tertiary/aromatic N) is 6. The summed E-state index contributed by atoms with van der Waals surface area (Å²) in [6, 6.07) is 3.15. The summed E-state index contributed by atoms with van der Waals surface area (Å²) in [6.45, 7) is 7.21. The summed E-state index contributed by atoms with van der Waals surface area (Å²) in [7, 11) is 4.46. The van der Waals surface area contributed by atoms with Crippen molar-refractivity contribution in [2.45, 2.75) is 56.4 Å². The molecule has 1 aliphatic carbocycles. The summed E-state index contributed by atoms with van der Waals surface area (Å²) < 4.78 is 1.87. The van der Waals surface area contributed by atoms with Crippen molar-refractivity contribution in [3.63, 3.8) is 0 Å². The minimum Gasteiger partial charge on any atom is -0.306 e. The van der Waals surface area contributed by atoms with E-state index in [1.165, 1.54) is 99.3 Å². The van der Waals surface area contributed by atoms with Gasteiger partial charge in [0.25, 0.3) is 0 Å². The lowest BCUT2D eigenvalue weighted by Crippen LogP contribution is -2.49. The molecule has 2 aliphatic heterocycles. The second-order valence-corrected chi connectivity index (χ2v) is 12.3. The maximum absolute atomic E-state index is 5.12. The average molecular weight is 511 g/mol. The van der Waals surface area contributed by atoms with Crippen LogP contribution in [0.2, 0.25) is 0 Å². The number of hydrogen-bond acceptors (Lipinski definition) is 7. The number of likely N-dealkylation sites (N-methyl/N-ethyl adjacent to an activating group) is 1. The first-order valence-electron chi connectivity index (χ1n) is 13.3. The molecule has 1 saturated carbocycles. The average Bonchev–Trinajstić information content (AvgIpc) is 3.50. The van der Waals surface area contributed by atoms with Crippen LogP contribution in [-0.2, 0) is 0 Å². The van der Waals surface area contributed by atoms with Crippen molar-refractivity contribution in [2.24, 2.45) is 0 Å². The lowest BCUT2D eigenvalue weighted by atomic mass is 9.81. The molecule has 0 bridgehead atoms. The predicted molar refractivity (Wildman–Crippen MR) is 149 cm³/mol. The zero-order chi connectivity index (χ0) is 23.9. The lowest BCUT2D eigenvalue weighted by molar-refractivity contribution is 0.0878. The van der Waals surface area contributed by atoms with E-state index < -0.39 is 0 Å². The molecule has 3 aromatic rings. The van der Waals surface area contributed by atoms with Crippen LogP contribution in [0, 0.1) is 0 Å². The molecule has 5 heterocycles. The van der Waals surface area contributed by atoms with Crippen molar-refractivity contribution in [1.82, 2.24) is 28.6 Å². The van der Waals surface area contributed by atoms with Gasteiger partial charge in [-0.2, -0.15) is 0 Å². The predicted octanol–water partition coefficient (Wildman–Crippen LogP) is 4.94. The van der Waals surface area contributed by atoms with Crippen molar-refractivity contribution < 1.29 is 0 Å². The van der Waals surface area contributed by atoms with Crippen LogP contribution in [0.25, 0.3) is 22.3 Å². The fraction of sp³-hybridized carbons (Fsp3) is 0.630. The Balaban J connectivity index is 1.19. The molecule has 6 nitrogen and oxygen atoms in total. The molecule has 6 rings (SSSR count). The van der Waals surface area contributed by atoms with Gasteiger partial charge in [-0.05, 0) is 83.3 Å². The third-order valence-corrected chi connectivity index (χ3v) is 10.0. The van der Waals surface area contributed by atoms with E-state index in [-0.39, 0.29) is 0 Å². The molecule has 0 unspecified atom stereocenters. The molecule has 0 amide bonds. The lowest BCUT2D eigenvalue weighted by Gasteiger charge is -2.41. The molecular weight excluding hydrogens is 472 g/mol. The Morgan fingerprint density at radius 2 is 1.60 bits per heavy atom. The highest BCUT2D eigenvalue weighted by Gasteiger charge is 2.29. The van der Waals surface area contributed by atoms with Gasteiger partial charge < -0.3 is 9.80 Å². The molecule has 0 atom stereocenters. The topological polar surface area (TPSA) is 40.4 Å². The first-order valence-corrected chi connectivity index (χ1v) is 14.6. The monoisotopic (exact) mass is 510 g/mol. The van der Waals surface area contributed by atoms with Crippen molar-refractivity contribution in [1.29, 1.82) is 0 Å². The molecule has 3 aromatic heterocycles. The van der Waals surface area contributed by atoms with Crippen molar-refractivity contribution >= 4 is 35.2 Å². The van der Waals surface area contributed by atoms with Gasteiger partial charge in [0.1, 0.15) is 5.65 Å². The number of fused-ring (bicyclic) bond motifs is 1. The zero-order valence-corrected chi connectivity index (χ0v) is 22.8. The van der Waals surface area contributed by atoms with Gasteiger partial charge in [-0.3, -0.25) is 8.87 Å². The van der Waals surface area contributed by atoms with Crippen molar-refractivity contribution in [3.8, 4) is 11.3 Å². The van der Waals surface area contributed by atoms with E-state index in [9.17, 15) is 0 Å². The van der Waals surface area contributed by atoms with Crippen LogP contribution in [0.5, 0.6) is 0 Å². The molecule has 0 N–H and O–H groups in total. The molecule has 0 radical (unpaired) electrons. The van der Waals surface area contributed by atoms with Crippen LogP contribution in [0.4, 0.5) is 0 Å².